The number of nitrogens with one attached hydrogen (secondary N) is 1. The Morgan fingerprint density at radius 3 is 2.95 bits per heavy atom. The van der Waals surface area contributed by atoms with Crippen molar-refractivity contribution in [2.24, 2.45) is 0 Å². The molecule has 1 aromatic carbocycles. The normalized spacial score (nSPS) is 12.7. The zero-order valence-corrected chi connectivity index (χ0v) is 13.8. The van der Waals surface area contributed by atoms with Crippen LogP contribution >= 0.6 is 27.5 Å². The summed E-state index contributed by atoms with van der Waals surface area (Å²) >= 11 is 9.69. The smallest absolute Gasteiger partial charge is 0.160 e. The molecule has 0 saturated heterocycles. The minimum absolute atomic E-state index is 0.127. The van der Waals surface area contributed by atoms with Crippen LogP contribution < -0.4 is 5.32 Å². The van der Waals surface area contributed by atoms with E-state index in [9.17, 15) is 0 Å². The molecule has 1 unspecified atom stereocenters. The van der Waals surface area contributed by atoms with Crippen LogP contribution in [-0.2, 0) is 6.54 Å². The van der Waals surface area contributed by atoms with Crippen molar-refractivity contribution in [3.8, 4) is 0 Å². The third-order valence-corrected chi connectivity index (χ3v) is 4.20. The molecule has 0 spiro atoms. The van der Waals surface area contributed by atoms with Gasteiger partial charge in [0.1, 0.15) is 0 Å². The lowest BCUT2D eigenvalue weighted by Gasteiger charge is -2.15. The minimum Gasteiger partial charge on any atom is -0.303 e. The first-order valence-corrected chi connectivity index (χ1v) is 7.79. The molecule has 6 heteroatoms. The Kier molecular flexibility index (Phi) is 4.24. The summed E-state index contributed by atoms with van der Waals surface area (Å²) in [7, 11) is 0. The number of fused-ring (bicyclic) bond motifs is 1. The van der Waals surface area contributed by atoms with Crippen molar-refractivity contribution in [3.05, 3.63) is 63.5 Å². The third-order valence-electron chi connectivity index (χ3n) is 3.38. The van der Waals surface area contributed by atoms with Gasteiger partial charge in [-0.3, -0.25) is 4.40 Å². The lowest BCUT2D eigenvalue weighted by molar-refractivity contribution is 0.556. The van der Waals surface area contributed by atoms with E-state index >= 15 is 0 Å². The Bertz CT molecular complexity index is 771. The summed E-state index contributed by atoms with van der Waals surface area (Å²) in [6.07, 6.45) is 1.96. The zero-order chi connectivity index (χ0) is 14.8. The largest absolute Gasteiger partial charge is 0.303 e. The predicted octanol–water partition coefficient (Wildman–Crippen LogP) is 4.00. The van der Waals surface area contributed by atoms with Crippen LogP contribution in [0.3, 0.4) is 0 Å². The van der Waals surface area contributed by atoms with Gasteiger partial charge in [0.05, 0.1) is 6.54 Å². The Balaban J connectivity index is 1.75. The van der Waals surface area contributed by atoms with Crippen molar-refractivity contribution in [1.82, 2.24) is 19.9 Å². The summed E-state index contributed by atoms with van der Waals surface area (Å²) in [6, 6.07) is 11.9. The number of benzene rings is 1. The van der Waals surface area contributed by atoms with Crippen molar-refractivity contribution in [3.63, 3.8) is 0 Å². The van der Waals surface area contributed by atoms with Gasteiger partial charge in [-0.1, -0.05) is 39.7 Å². The van der Waals surface area contributed by atoms with Crippen molar-refractivity contribution >= 4 is 33.2 Å². The van der Waals surface area contributed by atoms with Crippen molar-refractivity contribution < 1.29 is 0 Å². The molecule has 3 rings (SSSR count). The summed E-state index contributed by atoms with van der Waals surface area (Å²) in [5.41, 5.74) is 1.91. The molecule has 0 radical (unpaired) electrons. The predicted molar refractivity (Wildman–Crippen MR) is 87.4 cm³/mol. The molecule has 4 nitrogen and oxygen atoms in total. The quantitative estimate of drug-likeness (QED) is 0.760. The van der Waals surface area contributed by atoms with Crippen LogP contribution in [0.4, 0.5) is 0 Å². The molecule has 1 N–H and O–H groups in total. The molecule has 0 aliphatic carbocycles. The molecule has 108 valence electrons. The number of hydrogen-bond donors (Lipinski definition) is 1. The Morgan fingerprint density at radius 2 is 2.14 bits per heavy atom. The number of pyridine rings is 1. The molecule has 2 aromatic heterocycles. The zero-order valence-electron chi connectivity index (χ0n) is 11.4. The van der Waals surface area contributed by atoms with E-state index in [1.54, 1.807) is 0 Å². The van der Waals surface area contributed by atoms with E-state index in [1.807, 2.05) is 47.0 Å². The van der Waals surface area contributed by atoms with Crippen LogP contribution in [0.2, 0.25) is 5.02 Å². The summed E-state index contributed by atoms with van der Waals surface area (Å²) in [5, 5.41) is 12.5. The molecule has 2 heterocycles. The van der Waals surface area contributed by atoms with Crippen LogP contribution in [0.15, 0.2) is 47.1 Å². The van der Waals surface area contributed by atoms with Crippen LogP contribution in [0.1, 0.15) is 24.4 Å². The number of hydrogen-bond acceptors (Lipinski definition) is 3. The number of nitrogens with zero attached hydrogens (tertiary/aromatic N) is 3. The van der Waals surface area contributed by atoms with Crippen LogP contribution in [-0.4, -0.2) is 14.6 Å². The molecule has 0 bridgehead atoms. The Labute approximate surface area is 136 Å². The second kappa shape index (κ2) is 6.13. The van der Waals surface area contributed by atoms with Gasteiger partial charge in [0.2, 0.25) is 0 Å². The maximum Gasteiger partial charge on any atom is 0.160 e. The summed E-state index contributed by atoms with van der Waals surface area (Å²) < 4.78 is 2.95. The average molecular weight is 366 g/mol. The summed E-state index contributed by atoms with van der Waals surface area (Å²) in [6.45, 7) is 2.71. The molecule has 21 heavy (non-hydrogen) atoms. The molecular weight excluding hydrogens is 352 g/mol. The van der Waals surface area contributed by atoms with Crippen LogP contribution in [0.25, 0.3) is 5.65 Å². The number of halogens is 2. The monoisotopic (exact) mass is 364 g/mol. The first-order valence-electron chi connectivity index (χ1n) is 6.62. The van der Waals surface area contributed by atoms with Gasteiger partial charge in [-0.15, -0.1) is 10.2 Å². The molecular formula is C15H14BrClN4. The lowest BCUT2D eigenvalue weighted by Crippen LogP contribution is -2.20. The van der Waals surface area contributed by atoms with Gasteiger partial charge in [-0.05, 0) is 36.8 Å². The third kappa shape index (κ3) is 3.10. The van der Waals surface area contributed by atoms with Gasteiger partial charge < -0.3 is 5.32 Å². The molecule has 0 aliphatic heterocycles. The minimum atomic E-state index is 0.127. The van der Waals surface area contributed by atoms with Gasteiger partial charge in [0.25, 0.3) is 0 Å². The molecule has 3 aromatic rings. The van der Waals surface area contributed by atoms with Gasteiger partial charge in [-0.2, -0.15) is 0 Å². The van der Waals surface area contributed by atoms with E-state index in [0.29, 0.717) is 6.54 Å². The fourth-order valence-electron chi connectivity index (χ4n) is 2.22. The van der Waals surface area contributed by atoms with E-state index < -0.39 is 0 Å². The van der Waals surface area contributed by atoms with Gasteiger partial charge in [0.15, 0.2) is 11.5 Å². The molecule has 1 atom stereocenters. The fraction of sp³-hybridized carbons (Fsp3) is 0.200. The van der Waals surface area contributed by atoms with Crippen molar-refractivity contribution in [2.75, 3.05) is 0 Å². The highest BCUT2D eigenvalue weighted by Crippen LogP contribution is 2.26. The number of aromatic nitrogens is 3. The second-order valence-electron chi connectivity index (χ2n) is 4.81. The average Bonchev–Trinajstić information content (AvgIpc) is 2.88. The standard InChI is InChI=1S/C15H14BrClN4/c1-10(12-6-5-11(16)8-13(12)17)18-9-15-20-19-14-4-2-3-7-21(14)15/h2-8,10,18H,9H2,1H3. The van der Waals surface area contributed by atoms with E-state index in [2.05, 4.69) is 38.4 Å². The van der Waals surface area contributed by atoms with Crippen molar-refractivity contribution in [2.45, 2.75) is 19.5 Å². The molecule has 0 amide bonds. The topological polar surface area (TPSA) is 42.2 Å². The highest BCUT2D eigenvalue weighted by Gasteiger charge is 2.11. The molecule has 0 aliphatic rings. The van der Waals surface area contributed by atoms with E-state index in [4.69, 9.17) is 11.6 Å². The van der Waals surface area contributed by atoms with Crippen LogP contribution in [0.5, 0.6) is 0 Å². The summed E-state index contributed by atoms with van der Waals surface area (Å²) in [5.74, 6) is 0.880. The lowest BCUT2D eigenvalue weighted by atomic mass is 10.1. The van der Waals surface area contributed by atoms with Crippen LogP contribution in [0, 0.1) is 0 Å². The van der Waals surface area contributed by atoms with Gasteiger partial charge in [0, 0.05) is 21.7 Å². The fourth-order valence-corrected chi connectivity index (χ4v) is 3.06. The Hall–Kier alpha value is -1.43. The maximum absolute atomic E-state index is 6.28. The van der Waals surface area contributed by atoms with E-state index in [0.717, 1.165) is 26.5 Å². The molecule has 0 fully saturated rings. The molecule has 0 saturated carbocycles. The first kappa shape index (κ1) is 14.5. The Morgan fingerprint density at radius 1 is 1.29 bits per heavy atom. The van der Waals surface area contributed by atoms with Gasteiger partial charge in [-0.25, -0.2) is 0 Å². The first-order chi connectivity index (χ1) is 10.1. The van der Waals surface area contributed by atoms with Crippen molar-refractivity contribution in [1.29, 1.82) is 0 Å². The van der Waals surface area contributed by atoms with E-state index in [1.165, 1.54) is 0 Å². The second-order valence-corrected chi connectivity index (χ2v) is 6.14. The maximum atomic E-state index is 6.28. The highest BCUT2D eigenvalue weighted by atomic mass is 79.9. The number of rotatable bonds is 4. The highest BCUT2D eigenvalue weighted by molar-refractivity contribution is 9.10. The summed E-state index contributed by atoms with van der Waals surface area (Å²) in [4.78, 5) is 0. The van der Waals surface area contributed by atoms with E-state index in [-0.39, 0.29) is 6.04 Å². The SMILES string of the molecule is CC(NCc1nnc2ccccn12)c1ccc(Br)cc1Cl. The van der Waals surface area contributed by atoms with Gasteiger partial charge >= 0.3 is 0 Å².